The molecule has 2 rings (SSSR count). The minimum Gasteiger partial charge on any atom is -0.444 e. The molecule has 0 fully saturated rings. The first-order valence-corrected chi connectivity index (χ1v) is 7.64. The molecule has 0 saturated carbocycles. The Morgan fingerprint density at radius 2 is 2.00 bits per heavy atom. The van der Waals surface area contributed by atoms with Crippen LogP contribution in [0.1, 0.15) is 49.4 Å². The molecule has 0 aliphatic carbocycles. The summed E-state index contributed by atoms with van der Waals surface area (Å²) < 4.78 is 6.83. The van der Waals surface area contributed by atoms with E-state index in [-0.39, 0.29) is 5.78 Å². The van der Waals surface area contributed by atoms with E-state index in [4.69, 9.17) is 4.74 Å². The number of nitrogens with zero attached hydrogens (tertiary/aromatic N) is 3. The number of carbonyl (C=O) groups is 2. The van der Waals surface area contributed by atoms with Gasteiger partial charge < -0.3 is 10.1 Å². The van der Waals surface area contributed by atoms with Gasteiger partial charge in [0, 0.05) is 30.9 Å². The molecule has 7 nitrogen and oxygen atoms in total. The van der Waals surface area contributed by atoms with Crippen molar-refractivity contribution in [3.8, 4) is 5.69 Å². The van der Waals surface area contributed by atoms with Crippen molar-refractivity contribution in [2.24, 2.45) is 0 Å². The number of pyridine rings is 1. The van der Waals surface area contributed by atoms with Crippen LogP contribution in [0.2, 0.25) is 0 Å². The number of hydrogen-bond acceptors (Lipinski definition) is 5. The van der Waals surface area contributed by atoms with Crippen molar-refractivity contribution in [2.75, 3.05) is 0 Å². The molecule has 0 aliphatic rings. The molecule has 0 saturated heterocycles. The zero-order chi connectivity index (χ0) is 17.9. The zero-order valence-electron chi connectivity index (χ0n) is 14.6. The van der Waals surface area contributed by atoms with Crippen LogP contribution in [0.15, 0.2) is 24.5 Å². The summed E-state index contributed by atoms with van der Waals surface area (Å²) in [6.07, 6.45) is 2.96. The fraction of sp³-hybridized carbons (Fsp3) is 0.412. The summed E-state index contributed by atoms with van der Waals surface area (Å²) in [7, 11) is 0. The van der Waals surface area contributed by atoms with Crippen LogP contribution in [-0.4, -0.2) is 32.2 Å². The molecule has 2 heterocycles. The van der Waals surface area contributed by atoms with Gasteiger partial charge in [0.15, 0.2) is 5.78 Å². The van der Waals surface area contributed by atoms with Gasteiger partial charge in [-0.1, -0.05) is 0 Å². The molecule has 0 atom stereocenters. The molecule has 0 radical (unpaired) electrons. The Morgan fingerprint density at radius 1 is 1.29 bits per heavy atom. The van der Waals surface area contributed by atoms with Gasteiger partial charge in [-0.2, -0.15) is 5.10 Å². The number of hydrogen-bond donors (Lipinski definition) is 1. The molecule has 128 valence electrons. The van der Waals surface area contributed by atoms with Gasteiger partial charge in [0.2, 0.25) is 0 Å². The van der Waals surface area contributed by atoms with Gasteiger partial charge in [-0.25, -0.2) is 14.5 Å². The topological polar surface area (TPSA) is 86.1 Å². The minimum absolute atomic E-state index is 0.0982. The Balaban J connectivity index is 2.08. The monoisotopic (exact) mass is 330 g/mol. The molecule has 1 amide bonds. The fourth-order valence-corrected chi connectivity index (χ4v) is 2.04. The van der Waals surface area contributed by atoms with Gasteiger partial charge in [-0.15, -0.1) is 0 Å². The molecule has 0 aliphatic heterocycles. The number of ketones is 1. The van der Waals surface area contributed by atoms with Gasteiger partial charge >= 0.3 is 6.09 Å². The maximum atomic E-state index is 11.7. The predicted molar refractivity (Wildman–Crippen MR) is 89.2 cm³/mol. The smallest absolute Gasteiger partial charge is 0.407 e. The highest BCUT2D eigenvalue weighted by Gasteiger charge is 2.16. The number of aromatic nitrogens is 3. The number of aryl methyl sites for hydroxylation is 1. The number of nitrogens with one attached hydrogen (secondary N) is 1. The van der Waals surface area contributed by atoms with Crippen molar-refractivity contribution in [3.05, 3.63) is 41.5 Å². The molecule has 1 N–H and O–H groups in total. The average Bonchev–Trinajstić information content (AvgIpc) is 2.91. The number of ether oxygens (including phenoxy) is 1. The Morgan fingerprint density at radius 3 is 2.62 bits per heavy atom. The first-order chi connectivity index (χ1) is 11.1. The molecule has 2 aromatic heterocycles. The lowest BCUT2D eigenvalue weighted by atomic mass is 10.2. The van der Waals surface area contributed by atoms with Crippen LogP contribution in [0.5, 0.6) is 0 Å². The number of carbonyl (C=O) groups excluding carboxylic acids is 2. The van der Waals surface area contributed by atoms with Crippen molar-refractivity contribution >= 4 is 11.9 Å². The molecule has 2 aromatic rings. The number of Topliss-reactive ketones (excluding diaryl/α,β-unsaturated/α-hetero) is 1. The second kappa shape index (κ2) is 6.82. The van der Waals surface area contributed by atoms with Crippen molar-refractivity contribution in [1.82, 2.24) is 20.1 Å². The molecule has 24 heavy (non-hydrogen) atoms. The van der Waals surface area contributed by atoms with Crippen molar-refractivity contribution in [3.63, 3.8) is 0 Å². The van der Waals surface area contributed by atoms with Crippen LogP contribution >= 0.6 is 0 Å². The van der Waals surface area contributed by atoms with Crippen LogP contribution in [0.3, 0.4) is 0 Å². The Bertz CT molecular complexity index is 759. The molecule has 0 spiro atoms. The van der Waals surface area contributed by atoms with E-state index in [2.05, 4.69) is 15.4 Å². The van der Waals surface area contributed by atoms with Crippen molar-refractivity contribution in [2.45, 2.75) is 46.8 Å². The summed E-state index contributed by atoms with van der Waals surface area (Å²) in [5.41, 5.74) is 2.16. The first-order valence-electron chi connectivity index (χ1n) is 7.64. The highest BCUT2D eigenvalue weighted by Crippen LogP contribution is 2.12. The Labute approximate surface area is 141 Å². The summed E-state index contributed by atoms with van der Waals surface area (Å²) in [6, 6.07) is 3.53. The first kappa shape index (κ1) is 17.7. The van der Waals surface area contributed by atoms with Crippen LogP contribution in [0, 0.1) is 6.92 Å². The van der Waals surface area contributed by atoms with Crippen LogP contribution in [-0.2, 0) is 11.3 Å². The van der Waals surface area contributed by atoms with Gasteiger partial charge in [-0.05, 0) is 39.8 Å². The van der Waals surface area contributed by atoms with E-state index in [9.17, 15) is 9.59 Å². The second-order valence-corrected chi connectivity index (χ2v) is 6.56. The molecular weight excluding hydrogens is 308 g/mol. The quantitative estimate of drug-likeness (QED) is 0.871. The maximum Gasteiger partial charge on any atom is 0.407 e. The van der Waals surface area contributed by atoms with Crippen molar-refractivity contribution < 1.29 is 14.3 Å². The molecule has 0 aromatic carbocycles. The average molecular weight is 330 g/mol. The standard InChI is InChI=1S/C17H22N4O3/c1-11-6-14(7-15(20-11)12(2)22)21-10-13(9-19-21)8-18-16(23)24-17(3,4)5/h6-7,9-10H,8H2,1-5H3,(H,18,23). The fourth-order valence-electron chi connectivity index (χ4n) is 2.04. The normalized spacial score (nSPS) is 11.2. The molecule has 0 bridgehead atoms. The van der Waals surface area contributed by atoms with E-state index in [1.54, 1.807) is 23.1 Å². The molecular formula is C17H22N4O3. The van der Waals surface area contributed by atoms with Crippen molar-refractivity contribution in [1.29, 1.82) is 0 Å². The van der Waals surface area contributed by atoms with E-state index in [1.165, 1.54) is 6.92 Å². The third-order valence-electron chi connectivity index (χ3n) is 3.04. The molecule has 7 heteroatoms. The van der Waals surface area contributed by atoms with Crippen LogP contribution in [0.25, 0.3) is 5.69 Å². The predicted octanol–water partition coefficient (Wildman–Crippen LogP) is 2.80. The summed E-state index contributed by atoms with van der Waals surface area (Å²) in [4.78, 5) is 27.4. The summed E-state index contributed by atoms with van der Waals surface area (Å²) in [5, 5.41) is 6.95. The number of rotatable bonds is 4. The van der Waals surface area contributed by atoms with E-state index in [1.807, 2.05) is 33.8 Å². The highest BCUT2D eigenvalue weighted by atomic mass is 16.6. The van der Waals surface area contributed by atoms with E-state index in [0.29, 0.717) is 12.2 Å². The van der Waals surface area contributed by atoms with E-state index in [0.717, 1.165) is 16.9 Å². The number of alkyl carbamates (subject to hydrolysis) is 1. The van der Waals surface area contributed by atoms with Gasteiger partial charge in [-0.3, -0.25) is 4.79 Å². The third-order valence-corrected chi connectivity index (χ3v) is 3.04. The second-order valence-electron chi connectivity index (χ2n) is 6.56. The Kier molecular flexibility index (Phi) is 5.02. The SMILES string of the molecule is CC(=O)c1cc(-n2cc(CNC(=O)OC(C)(C)C)cn2)cc(C)n1. The van der Waals surface area contributed by atoms with Crippen LogP contribution < -0.4 is 5.32 Å². The van der Waals surface area contributed by atoms with Gasteiger partial charge in [0.1, 0.15) is 11.3 Å². The van der Waals surface area contributed by atoms with Gasteiger partial charge in [0.05, 0.1) is 11.9 Å². The lowest BCUT2D eigenvalue weighted by Gasteiger charge is -2.19. The highest BCUT2D eigenvalue weighted by molar-refractivity contribution is 5.92. The lowest BCUT2D eigenvalue weighted by Crippen LogP contribution is -2.32. The van der Waals surface area contributed by atoms with Crippen LogP contribution in [0.4, 0.5) is 4.79 Å². The summed E-state index contributed by atoms with van der Waals surface area (Å²) in [5.74, 6) is -0.0982. The number of amides is 1. The van der Waals surface area contributed by atoms with Gasteiger partial charge in [0.25, 0.3) is 0 Å². The molecule has 0 unspecified atom stereocenters. The van der Waals surface area contributed by atoms with E-state index < -0.39 is 11.7 Å². The maximum absolute atomic E-state index is 11.7. The lowest BCUT2D eigenvalue weighted by molar-refractivity contribution is 0.0523. The summed E-state index contributed by atoms with van der Waals surface area (Å²) >= 11 is 0. The minimum atomic E-state index is -0.536. The zero-order valence-corrected chi connectivity index (χ0v) is 14.6. The summed E-state index contributed by atoms with van der Waals surface area (Å²) in [6.45, 7) is 9.03. The Hall–Kier alpha value is -2.70. The van der Waals surface area contributed by atoms with E-state index >= 15 is 0 Å². The largest absolute Gasteiger partial charge is 0.444 e. The third kappa shape index (κ3) is 4.91.